The monoisotopic (exact) mass is 502 g/mol. The van der Waals surface area contributed by atoms with Crippen LogP contribution in [-0.4, -0.2) is 24.6 Å². The third-order valence-electron chi connectivity index (χ3n) is 7.07. The van der Waals surface area contributed by atoms with Crippen LogP contribution in [-0.2, 0) is 21.3 Å². The van der Waals surface area contributed by atoms with Crippen molar-refractivity contribution in [3.8, 4) is 11.1 Å². The number of hydrogen-bond acceptors (Lipinski definition) is 3. The van der Waals surface area contributed by atoms with E-state index >= 15 is 0 Å². The van der Waals surface area contributed by atoms with Crippen molar-refractivity contribution < 1.29 is 40.9 Å². The lowest BCUT2D eigenvalue weighted by Gasteiger charge is -2.41. The second-order valence-electron chi connectivity index (χ2n) is 9.57. The molecule has 0 amide bonds. The molecule has 0 radical (unpaired) electrons. The van der Waals surface area contributed by atoms with E-state index in [1.165, 1.54) is 12.1 Å². The van der Waals surface area contributed by atoms with Crippen molar-refractivity contribution in [3.63, 3.8) is 0 Å². The molecule has 1 aliphatic heterocycles. The third kappa shape index (κ3) is 5.52. The van der Waals surface area contributed by atoms with Crippen molar-refractivity contribution in [1.29, 1.82) is 0 Å². The topological polar surface area (TPSA) is 38.7 Å². The van der Waals surface area contributed by atoms with Crippen molar-refractivity contribution in [2.45, 2.75) is 63.5 Å². The van der Waals surface area contributed by atoms with Gasteiger partial charge in [0.05, 0.1) is 18.8 Å². The third-order valence-corrected chi connectivity index (χ3v) is 7.07. The minimum absolute atomic E-state index is 0.111. The van der Waals surface area contributed by atoms with Crippen LogP contribution < -0.4 is 0 Å². The van der Waals surface area contributed by atoms with Crippen LogP contribution in [0.15, 0.2) is 30.3 Å². The highest BCUT2D eigenvalue weighted by Gasteiger charge is 2.40. The summed E-state index contributed by atoms with van der Waals surface area (Å²) in [7, 11) is 0. The average molecular weight is 502 g/mol. The molecule has 0 aromatic heterocycles. The molecule has 4 rings (SSSR count). The molecule has 3 nitrogen and oxygen atoms in total. The molecule has 1 N–H and O–H groups in total. The number of halogens is 6. The Morgan fingerprint density at radius 2 is 1.54 bits per heavy atom. The summed E-state index contributed by atoms with van der Waals surface area (Å²) < 4.78 is 93.1. The second-order valence-corrected chi connectivity index (χ2v) is 9.57. The fourth-order valence-electron chi connectivity index (χ4n) is 5.12. The van der Waals surface area contributed by atoms with Crippen LogP contribution in [0, 0.1) is 29.3 Å². The minimum atomic E-state index is -5.21. The van der Waals surface area contributed by atoms with Crippen LogP contribution in [0.3, 0.4) is 0 Å². The van der Waals surface area contributed by atoms with Crippen LogP contribution in [0.5, 0.6) is 0 Å². The summed E-state index contributed by atoms with van der Waals surface area (Å²) >= 11 is 0. The number of alkyl halides is 3. The molecule has 2 fully saturated rings. The predicted molar refractivity (Wildman–Crippen MR) is 117 cm³/mol. The highest BCUT2D eigenvalue weighted by Crippen LogP contribution is 2.43. The van der Waals surface area contributed by atoms with E-state index < -0.39 is 34.8 Å². The fourth-order valence-corrected chi connectivity index (χ4v) is 5.12. The molecule has 2 aliphatic rings. The lowest BCUT2D eigenvalue weighted by atomic mass is 9.74. The van der Waals surface area contributed by atoms with Crippen molar-refractivity contribution in [3.05, 3.63) is 58.9 Å². The first-order valence-electron chi connectivity index (χ1n) is 11.8. The van der Waals surface area contributed by atoms with Gasteiger partial charge in [0.2, 0.25) is 0 Å². The molecular formula is C26H28F6O3. The fraction of sp³-hybridized carbons (Fsp3) is 0.538. The van der Waals surface area contributed by atoms with Crippen LogP contribution in [0.1, 0.15) is 56.6 Å². The van der Waals surface area contributed by atoms with Crippen molar-refractivity contribution in [2.24, 2.45) is 11.8 Å². The van der Waals surface area contributed by atoms with E-state index in [2.05, 4.69) is 6.92 Å². The number of rotatable bonds is 5. The Morgan fingerprint density at radius 1 is 0.943 bits per heavy atom. The van der Waals surface area contributed by atoms with Gasteiger partial charge >= 0.3 is 6.18 Å². The summed E-state index contributed by atoms with van der Waals surface area (Å²) in [5, 5.41) is 11.2. The zero-order valence-electron chi connectivity index (χ0n) is 19.3. The maximum absolute atomic E-state index is 14.9. The van der Waals surface area contributed by atoms with Gasteiger partial charge < -0.3 is 14.6 Å². The molecule has 1 aliphatic carbocycles. The quantitative estimate of drug-likeness (QED) is 0.450. The van der Waals surface area contributed by atoms with Gasteiger partial charge in [-0.15, -0.1) is 0 Å². The summed E-state index contributed by atoms with van der Waals surface area (Å²) in [5.41, 5.74) is -3.63. The molecule has 192 valence electrons. The van der Waals surface area contributed by atoms with Crippen molar-refractivity contribution >= 4 is 0 Å². The van der Waals surface area contributed by atoms with Gasteiger partial charge in [0.1, 0.15) is 23.0 Å². The van der Waals surface area contributed by atoms with Crippen LogP contribution in [0.25, 0.3) is 11.1 Å². The maximum atomic E-state index is 14.9. The summed E-state index contributed by atoms with van der Waals surface area (Å²) in [6.07, 6.45) is -1.50. The van der Waals surface area contributed by atoms with Gasteiger partial charge in [0.15, 0.2) is 6.29 Å². The smallest absolute Gasteiger partial charge is 0.385 e. The Labute approximate surface area is 200 Å². The predicted octanol–water partition coefficient (Wildman–Crippen LogP) is 6.96. The molecule has 1 saturated carbocycles. The number of aliphatic hydroxyl groups is 1. The van der Waals surface area contributed by atoms with E-state index in [9.17, 15) is 31.4 Å². The first-order chi connectivity index (χ1) is 16.5. The molecule has 0 unspecified atom stereocenters. The summed E-state index contributed by atoms with van der Waals surface area (Å²) in [5.74, 6) is -4.02. The van der Waals surface area contributed by atoms with Gasteiger partial charge in [-0.25, -0.2) is 13.2 Å². The van der Waals surface area contributed by atoms with Gasteiger partial charge in [-0.1, -0.05) is 25.5 Å². The molecule has 2 aromatic carbocycles. The van der Waals surface area contributed by atoms with Gasteiger partial charge in [-0.2, -0.15) is 13.2 Å². The van der Waals surface area contributed by atoms with E-state index in [0.717, 1.165) is 18.9 Å². The van der Waals surface area contributed by atoms with Crippen LogP contribution in [0.4, 0.5) is 26.3 Å². The molecule has 0 spiro atoms. The van der Waals surface area contributed by atoms with Crippen molar-refractivity contribution in [1.82, 2.24) is 0 Å². The Morgan fingerprint density at radius 3 is 2.06 bits per heavy atom. The Balaban J connectivity index is 1.46. The molecule has 1 saturated heterocycles. The molecule has 35 heavy (non-hydrogen) atoms. The SMILES string of the molecule is CCCC1COC(C2CCC(O)(c3ccc(-c4cc(F)c(C(F)(F)F)c(F)c4)c(F)c3)CC2)OC1. The normalized spacial score (nSPS) is 27.7. The lowest BCUT2D eigenvalue weighted by molar-refractivity contribution is -0.233. The van der Waals surface area contributed by atoms with E-state index in [0.29, 0.717) is 62.5 Å². The first-order valence-corrected chi connectivity index (χ1v) is 11.8. The highest BCUT2D eigenvalue weighted by atomic mass is 19.4. The molecule has 2 aromatic rings. The van der Waals surface area contributed by atoms with Crippen LogP contribution >= 0.6 is 0 Å². The van der Waals surface area contributed by atoms with Crippen molar-refractivity contribution in [2.75, 3.05) is 13.2 Å². The molecule has 0 bridgehead atoms. The highest BCUT2D eigenvalue weighted by molar-refractivity contribution is 5.65. The van der Waals surface area contributed by atoms with E-state index in [4.69, 9.17) is 9.47 Å². The average Bonchev–Trinajstić information content (AvgIpc) is 2.79. The summed E-state index contributed by atoms with van der Waals surface area (Å²) in [6.45, 7) is 3.41. The molecule has 1 heterocycles. The van der Waals surface area contributed by atoms with E-state index in [1.54, 1.807) is 0 Å². The maximum Gasteiger partial charge on any atom is 0.422 e. The zero-order valence-corrected chi connectivity index (χ0v) is 19.3. The largest absolute Gasteiger partial charge is 0.422 e. The Bertz CT molecular complexity index is 1010. The Kier molecular flexibility index (Phi) is 7.50. The van der Waals surface area contributed by atoms with Gasteiger partial charge in [-0.05, 0) is 61.4 Å². The van der Waals surface area contributed by atoms with Crippen LogP contribution in [0.2, 0.25) is 0 Å². The number of benzene rings is 2. The van der Waals surface area contributed by atoms with E-state index in [1.807, 2.05) is 0 Å². The van der Waals surface area contributed by atoms with Gasteiger partial charge in [-0.3, -0.25) is 0 Å². The standard InChI is InChI=1S/C26H28F6O3/c1-2-3-15-13-34-24(35-14-15)16-6-8-25(33,9-7-16)18-4-5-19(20(27)12-18)17-10-21(28)23(22(29)11-17)26(30,31)32/h4-5,10-12,15-16,24,33H,2-3,6-9,13-14H2,1H3. The van der Waals surface area contributed by atoms with Gasteiger partial charge in [0, 0.05) is 17.4 Å². The second kappa shape index (κ2) is 10.1. The summed E-state index contributed by atoms with van der Waals surface area (Å²) in [4.78, 5) is 0. The Hall–Kier alpha value is -2.10. The minimum Gasteiger partial charge on any atom is -0.385 e. The number of ether oxygens (including phenoxy) is 2. The number of hydrogen-bond donors (Lipinski definition) is 1. The lowest BCUT2D eigenvalue weighted by Crippen LogP contribution is -2.41. The molecular weight excluding hydrogens is 474 g/mol. The van der Waals surface area contributed by atoms with Gasteiger partial charge in [0.25, 0.3) is 0 Å². The molecule has 9 heteroatoms. The van der Waals surface area contributed by atoms with E-state index in [-0.39, 0.29) is 23.3 Å². The molecule has 0 atom stereocenters. The first kappa shape index (κ1) is 26.0. The summed E-state index contributed by atoms with van der Waals surface area (Å²) in [6, 6.07) is 4.65. The zero-order chi connectivity index (χ0) is 25.4.